The summed E-state index contributed by atoms with van der Waals surface area (Å²) < 4.78 is 1.70. The molecule has 7 heteroatoms. The molecular weight excluding hydrogens is 418 g/mol. The predicted molar refractivity (Wildman–Crippen MR) is 123 cm³/mol. The number of fused-ring (bicyclic) bond motifs is 7. The highest BCUT2D eigenvalue weighted by molar-refractivity contribution is 5.96. The quantitative estimate of drug-likeness (QED) is 0.742. The first-order valence-electron chi connectivity index (χ1n) is 11.6. The van der Waals surface area contributed by atoms with Crippen LogP contribution in [-0.2, 0) is 6.42 Å². The fourth-order valence-electron chi connectivity index (χ4n) is 6.28. The molecule has 0 radical (unpaired) electrons. The molecule has 1 aromatic heterocycles. The number of aromatic nitrogens is 1. The highest BCUT2D eigenvalue weighted by Crippen LogP contribution is 2.50. The van der Waals surface area contributed by atoms with Crippen LogP contribution in [0.3, 0.4) is 0 Å². The van der Waals surface area contributed by atoms with Gasteiger partial charge in [0.1, 0.15) is 6.17 Å². The van der Waals surface area contributed by atoms with Crippen molar-refractivity contribution in [3.05, 3.63) is 86.9 Å². The molecule has 7 nitrogen and oxygen atoms in total. The molecule has 0 spiro atoms. The fourth-order valence-corrected chi connectivity index (χ4v) is 6.28. The lowest BCUT2D eigenvalue weighted by molar-refractivity contribution is 0.0377. The van der Waals surface area contributed by atoms with Crippen LogP contribution in [0.25, 0.3) is 0 Å². The Labute approximate surface area is 191 Å². The van der Waals surface area contributed by atoms with E-state index in [-0.39, 0.29) is 42.9 Å². The van der Waals surface area contributed by atoms with Gasteiger partial charge in [0, 0.05) is 24.7 Å². The van der Waals surface area contributed by atoms with E-state index in [1.54, 1.807) is 15.8 Å². The largest absolute Gasteiger partial charge is 0.502 e. The maximum Gasteiger partial charge on any atom is 0.278 e. The third-order valence-electron chi connectivity index (χ3n) is 7.86. The number of aliphatic hydroxyl groups is 1. The first-order chi connectivity index (χ1) is 16.0. The number of carbonyl (C=O) groups excluding carboxylic acids is 1. The van der Waals surface area contributed by atoms with Gasteiger partial charge in [0.05, 0.1) is 12.6 Å². The number of nitrogens with zero attached hydrogens (tertiary/aromatic N) is 3. The molecule has 1 aromatic carbocycles. The van der Waals surface area contributed by atoms with Crippen LogP contribution in [0.15, 0.2) is 64.6 Å². The van der Waals surface area contributed by atoms with E-state index in [1.807, 2.05) is 6.07 Å². The molecule has 1 amide bonds. The third-order valence-corrected chi connectivity index (χ3v) is 7.86. The van der Waals surface area contributed by atoms with Crippen LogP contribution in [0.5, 0.6) is 5.75 Å². The number of aryl methyl sites for hydroxylation is 1. The van der Waals surface area contributed by atoms with Crippen LogP contribution in [0, 0.1) is 11.8 Å². The molecule has 4 aliphatic rings. The Bertz CT molecular complexity index is 1280. The molecule has 33 heavy (non-hydrogen) atoms. The lowest BCUT2D eigenvalue weighted by atomic mass is 9.80. The van der Waals surface area contributed by atoms with E-state index in [1.165, 1.54) is 28.3 Å². The second-order valence-electron chi connectivity index (χ2n) is 9.48. The molecule has 2 N–H and O–H groups in total. The number of carbonyl (C=O) groups is 1. The number of hydrogen-bond donors (Lipinski definition) is 2. The molecule has 2 aliphatic heterocycles. The first-order valence-corrected chi connectivity index (χ1v) is 11.6. The Kier molecular flexibility index (Phi) is 4.52. The van der Waals surface area contributed by atoms with Gasteiger partial charge in [-0.05, 0) is 47.5 Å². The Morgan fingerprint density at radius 1 is 1.12 bits per heavy atom. The number of hydrogen-bond acceptors (Lipinski definition) is 5. The molecule has 2 bridgehead atoms. The summed E-state index contributed by atoms with van der Waals surface area (Å²) in [5, 5.41) is 22.7. The molecule has 2 aliphatic carbocycles. The normalized spacial score (nSPS) is 27.5. The Balaban J connectivity index is 1.69. The molecule has 1 saturated heterocycles. The number of amides is 1. The number of rotatable bonds is 2. The zero-order chi connectivity index (χ0) is 22.9. The minimum atomic E-state index is -0.582. The monoisotopic (exact) mass is 445 g/mol. The van der Waals surface area contributed by atoms with E-state index in [4.69, 9.17) is 0 Å². The maximum atomic E-state index is 13.6. The second kappa shape index (κ2) is 7.35. The summed E-state index contributed by atoms with van der Waals surface area (Å²) in [6, 6.07) is 9.62. The molecule has 4 atom stereocenters. The second-order valence-corrected chi connectivity index (χ2v) is 9.48. The predicted octanol–water partition coefficient (Wildman–Crippen LogP) is 2.48. The number of β-amino-alcohol motifs (C(OH)–C–C–N with tert-alkyl or cyclic N) is 1. The average molecular weight is 446 g/mol. The van der Waals surface area contributed by atoms with Crippen molar-refractivity contribution in [2.75, 3.05) is 18.2 Å². The molecule has 2 aromatic rings. The fraction of sp³-hybridized carbons (Fsp3) is 0.385. The SMILES string of the molecule is CC1C2C=CC3=C(C2)C(c2ccccc2CC3)N2C1N(CCO)C(=O)c1c(O)c(=O)ccn12. The number of aliphatic hydroxyl groups excluding tert-OH is 1. The van der Waals surface area contributed by atoms with E-state index in [2.05, 4.69) is 42.3 Å². The topological polar surface area (TPSA) is 86.0 Å². The van der Waals surface area contributed by atoms with Gasteiger partial charge in [0.25, 0.3) is 5.91 Å². The number of aromatic hydroxyl groups is 1. The third kappa shape index (κ3) is 2.78. The molecule has 3 heterocycles. The molecule has 0 saturated carbocycles. The summed E-state index contributed by atoms with van der Waals surface area (Å²) in [7, 11) is 0. The van der Waals surface area contributed by atoms with Crippen molar-refractivity contribution < 1.29 is 15.0 Å². The van der Waals surface area contributed by atoms with Crippen molar-refractivity contribution in [3.63, 3.8) is 0 Å². The molecular formula is C26H27N3O4. The smallest absolute Gasteiger partial charge is 0.278 e. The van der Waals surface area contributed by atoms with Crippen molar-refractivity contribution in [1.29, 1.82) is 0 Å². The van der Waals surface area contributed by atoms with E-state index in [0.29, 0.717) is 0 Å². The van der Waals surface area contributed by atoms with Gasteiger partial charge >= 0.3 is 0 Å². The van der Waals surface area contributed by atoms with Crippen LogP contribution in [0.1, 0.15) is 47.4 Å². The van der Waals surface area contributed by atoms with Gasteiger partial charge in [0.2, 0.25) is 5.43 Å². The lowest BCUT2D eigenvalue weighted by Crippen LogP contribution is -2.64. The van der Waals surface area contributed by atoms with Gasteiger partial charge in [-0.1, -0.05) is 43.3 Å². The van der Waals surface area contributed by atoms with Crippen molar-refractivity contribution in [1.82, 2.24) is 9.58 Å². The highest BCUT2D eigenvalue weighted by Gasteiger charge is 2.50. The number of benzene rings is 1. The standard InChI is InChI=1S/C26H27N3O4/c1-15-18-9-8-17-7-6-16-4-2-3-5-19(16)22(20(17)14-18)29-25(15)27(12-13-30)26(33)23-24(32)21(31)10-11-28(23)29/h2-5,8-11,15,18,22,25,30,32H,6-7,12-14H2,1H3. The first kappa shape index (κ1) is 20.3. The zero-order valence-electron chi connectivity index (χ0n) is 18.5. The Morgan fingerprint density at radius 3 is 2.76 bits per heavy atom. The maximum absolute atomic E-state index is 13.6. The van der Waals surface area contributed by atoms with Gasteiger partial charge in [-0.2, -0.15) is 0 Å². The summed E-state index contributed by atoms with van der Waals surface area (Å²) in [5.41, 5.74) is 4.52. The summed E-state index contributed by atoms with van der Waals surface area (Å²) >= 11 is 0. The van der Waals surface area contributed by atoms with Crippen LogP contribution in [0.4, 0.5) is 0 Å². The summed E-state index contributed by atoms with van der Waals surface area (Å²) in [5.74, 6) is -0.656. The van der Waals surface area contributed by atoms with Crippen LogP contribution in [0.2, 0.25) is 0 Å². The van der Waals surface area contributed by atoms with Crippen molar-refractivity contribution in [3.8, 4) is 5.75 Å². The van der Waals surface area contributed by atoms with Crippen LogP contribution in [-0.4, -0.2) is 45.0 Å². The minimum Gasteiger partial charge on any atom is -0.502 e. The van der Waals surface area contributed by atoms with Crippen molar-refractivity contribution >= 4 is 5.91 Å². The van der Waals surface area contributed by atoms with E-state index in [0.717, 1.165) is 19.3 Å². The molecule has 6 rings (SSSR count). The van der Waals surface area contributed by atoms with Crippen molar-refractivity contribution in [2.45, 2.75) is 38.4 Å². The Morgan fingerprint density at radius 2 is 1.94 bits per heavy atom. The Hall–Kier alpha value is -3.32. The molecule has 4 unspecified atom stereocenters. The summed E-state index contributed by atoms with van der Waals surface area (Å²) in [4.78, 5) is 27.6. The van der Waals surface area contributed by atoms with Crippen molar-refractivity contribution in [2.24, 2.45) is 11.8 Å². The van der Waals surface area contributed by atoms with Crippen LogP contribution < -0.4 is 10.4 Å². The van der Waals surface area contributed by atoms with Gasteiger partial charge in [-0.3, -0.25) is 19.3 Å². The van der Waals surface area contributed by atoms with Crippen LogP contribution >= 0.6 is 0 Å². The van der Waals surface area contributed by atoms with E-state index >= 15 is 0 Å². The number of allylic oxidation sites excluding steroid dienone is 3. The summed E-state index contributed by atoms with van der Waals surface area (Å²) in [6.45, 7) is 2.08. The molecule has 1 fully saturated rings. The van der Waals surface area contributed by atoms with Gasteiger partial charge in [-0.15, -0.1) is 0 Å². The average Bonchev–Trinajstić information content (AvgIpc) is 3.04. The van der Waals surface area contributed by atoms with Gasteiger partial charge in [0.15, 0.2) is 11.4 Å². The zero-order valence-corrected chi connectivity index (χ0v) is 18.5. The van der Waals surface area contributed by atoms with Gasteiger partial charge < -0.3 is 15.1 Å². The lowest BCUT2D eigenvalue weighted by Gasteiger charge is -2.51. The number of pyridine rings is 1. The summed E-state index contributed by atoms with van der Waals surface area (Å²) in [6.07, 6.45) is 8.61. The van der Waals surface area contributed by atoms with E-state index < -0.39 is 17.1 Å². The molecule has 170 valence electrons. The van der Waals surface area contributed by atoms with Gasteiger partial charge in [-0.25, -0.2) is 0 Å². The van der Waals surface area contributed by atoms with E-state index in [9.17, 15) is 19.8 Å². The highest BCUT2D eigenvalue weighted by atomic mass is 16.3. The minimum absolute atomic E-state index is 0.0346.